The second-order valence-corrected chi connectivity index (χ2v) is 7.62. The van der Waals surface area contributed by atoms with Gasteiger partial charge in [0.1, 0.15) is 0 Å². The third-order valence-corrected chi connectivity index (χ3v) is 5.04. The smallest absolute Gasteiger partial charge is 0.264 e. The van der Waals surface area contributed by atoms with Crippen molar-refractivity contribution in [3.63, 3.8) is 0 Å². The lowest BCUT2D eigenvalue weighted by Crippen LogP contribution is -2.15. The third kappa shape index (κ3) is 5.24. The van der Waals surface area contributed by atoms with Crippen molar-refractivity contribution >= 4 is 33.6 Å². The van der Waals surface area contributed by atoms with Crippen LogP contribution in [-0.2, 0) is 14.8 Å². The Morgan fingerprint density at radius 2 is 1.71 bits per heavy atom. The quantitative estimate of drug-likeness (QED) is 0.625. The maximum atomic E-state index is 12.3. The average Bonchev–Trinajstić information content (AvgIpc) is 2.67. The zero-order chi connectivity index (χ0) is 20.0. The van der Waals surface area contributed by atoms with E-state index in [4.69, 9.17) is 0 Å². The summed E-state index contributed by atoms with van der Waals surface area (Å²) in [5, 5.41) is 2.69. The first kappa shape index (κ1) is 19.2. The van der Waals surface area contributed by atoms with Gasteiger partial charge in [0.05, 0.1) is 4.90 Å². The van der Waals surface area contributed by atoms with E-state index in [1.54, 1.807) is 12.1 Å². The molecule has 1 amide bonds. The predicted molar refractivity (Wildman–Crippen MR) is 108 cm³/mol. The molecule has 0 fully saturated rings. The zero-order valence-corrected chi connectivity index (χ0v) is 15.8. The van der Waals surface area contributed by atoms with E-state index >= 15 is 0 Å². The van der Waals surface area contributed by atoms with Crippen LogP contribution in [0.2, 0.25) is 0 Å². The fourth-order valence-corrected chi connectivity index (χ4v) is 3.34. The molecule has 0 saturated heterocycles. The van der Waals surface area contributed by atoms with Crippen LogP contribution in [0.15, 0.2) is 78.0 Å². The number of aromatic nitrogens is 2. The summed E-state index contributed by atoms with van der Waals surface area (Å²) < 4.78 is 27.0. The van der Waals surface area contributed by atoms with Crippen LogP contribution >= 0.6 is 0 Å². The zero-order valence-electron chi connectivity index (χ0n) is 15.0. The summed E-state index contributed by atoms with van der Waals surface area (Å²) in [4.78, 5) is 19.7. The SMILES string of the molecule is Cc1cccc(/C=C/C(=O)Nc2ccc(S(=O)(=O)Nc3ncccn3)cc2)c1. The Kier molecular flexibility index (Phi) is 5.81. The van der Waals surface area contributed by atoms with E-state index in [0.717, 1.165) is 11.1 Å². The molecule has 2 aromatic carbocycles. The summed E-state index contributed by atoms with van der Waals surface area (Å²) in [7, 11) is -3.81. The molecule has 3 rings (SSSR count). The van der Waals surface area contributed by atoms with Gasteiger partial charge in [-0.15, -0.1) is 0 Å². The number of carbonyl (C=O) groups excluding carboxylic acids is 1. The molecule has 8 heteroatoms. The number of anilines is 2. The number of rotatable bonds is 6. The molecule has 0 aliphatic rings. The van der Waals surface area contributed by atoms with Crippen molar-refractivity contribution in [1.29, 1.82) is 0 Å². The fraction of sp³-hybridized carbons (Fsp3) is 0.0500. The van der Waals surface area contributed by atoms with Gasteiger partial charge < -0.3 is 5.32 Å². The van der Waals surface area contributed by atoms with Crippen LogP contribution in [0.3, 0.4) is 0 Å². The van der Waals surface area contributed by atoms with Gasteiger partial charge in [-0.25, -0.2) is 23.1 Å². The molecule has 0 spiro atoms. The molecule has 1 heterocycles. The van der Waals surface area contributed by atoms with E-state index in [0.29, 0.717) is 5.69 Å². The topological polar surface area (TPSA) is 101 Å². The highest BCUT2D eigenvalue weighted by atomic mass is 32.2. The summed E-state index contributed by atoms with van der Waals surface area (Å²) in [6.07, 6.45) is 6.01. The van der Waals surface area contributed by atoms with Crippen LogP contribution in [0.4, 0.5) is 11.6 Å². The van der Waals surface area contributed by atoms with E-state index < -0.39 is 10.0 Å². The van der Waals surface area contributed by atoms with Crippen LogP contribution < -0.4 is 10.0 Å². The van der Waals surface area contributed by atoms with E-state index in [9.17, 15) is 13.2 Å². The first-order valence-corrected chi connectivity index (χ1v) is 9.86. The summed E-state index contributed by atoms with van der Waals surface area (Å²) in [5.74, 6) is -0.325. The predicted octanol–water partition coefficient (Wildman–Crippen LogP) is 3.24. The number of carbonyl (C=O) groups is 1. The third-order valence-electron chi connectivity index (χ3n) is 3.69. The van der Waals surface area contributed by atoms with Crippen LogP contribution in [0.25, 0.3) is 6.08 Å². The number of amides is 1. The lowest BCUT2D eigenvalue weighted by molar-refractivity contribution is -0.111. The molecule has 0 aliphatic heterocycles. The maximum absolute atomic E-state index is 12.3. The molecule has 0 atom stereocenters. The minimum absolute atomic E-state index is 0.0128. The number of benzene rings is 2. The second-order valence-electron chi connectivity index (χ2n) is 5.94. The summed E-state index contributed by atoms with van der Waals surface area (Å²) >= 11 is 0. The van der Waals surface area contributed by atoms with Crippen LogP contribution in [0.5, 0.6) is 0 Å². The van der Waals surface area contributed by atoms with Crippen molar-refractivity contribution in [3.8, 4) is 0 Å². The number of sulfonamides is 1. The van der Waals surface area contributed by atoms with Gasteiger partial charge in [0, 0.05) is 24.2 Å². The summed E-state index contributed by atoms with van der Waals surface area (Å²) in [6, 6.07) is 15.2. The highest BCUT2D eigenvalue weighted by Gasteiger charge is 2.15. The lowest BCUT2D eigenvalue weighted by atomic mass is 10.1. The highest BCUT2D eigenvalue weighted by Crippen LogP contribution is 2.16. The molecule has 0 radical (unpaired) electrons. The highest BCUT2D eigenvalue weighted by molar-refractivity contribution is 7.92. The van der Waals surface area contributed by atoms with E-state index in [1.165, 1.54) is 42.7 Å². The van der Waals surface area contributed by atoms with Crippen molar-refractivity contribution < 1.29 is 13.2 Å². The second kappa shape index (κ2) is 8.45. The number of nitrogens with zero attached hydrogens (tertiary/aromatic N) is 2. The molecule has 0 saturated carbocycles. The number of hydrogen-bond acceptors (Lipinski definition) is 5. The van der Waals surface area contributed by atoms with Gasteiger partial charge in [-0.05, 0) is 48.9 Å². The standard InChI is InChI=1S/C20H18N4O3S/c1-15-4-2-5-16(14-15)6-11-19(25)23-17-7-9-18(10-8-17)28(26,27)24-20-21-12-3-13-22-20/h2-14H,1H3,(H,23,25)(H,21,22,24)/b11-6+. The van der Waals surface area contributed by atoms with Crippen LogP contribution in [0.1, 0.15) is 11.1 Å². The van der Waals surface area contributed by atoms with Gasteiger partial charge in [0.2, 0.25) is 11.9 Å². The molecule has 0 aliphatic carbocycles. The van der Waals surface area contributed by atoms with E-state index in [2.05, 4.69) is 20.0 Å². The Morgan fingerprint density at radius 3 is 2.39 bits per heavy atom. The molecule has 28 heavy (non-hydrogen) atoms. The Hall–Kier alpha value is -3.52. The van der Waals surface area contributed by atoms with Gasteiger partial charge in [-0.1, -0.05) is 29.8 Å². The Balaban J connectivity index is 1.64. The van der Waals surface area contributed by atoms with Gasteiger partial charge in [0.15, 0.2) is 0 Å². The van der Waals surface area contributed by atoms with Gasteiger partial charge >= 0.3 is 0 Å². The van der Waals surface area contributed by atoms with Gasteiger partial charge in [-0.3, -0.25) is 4.79 Å². The number of hydrogen-bond donors (Lipinski definition) is 2. The number of aryl methyl sites for hydroxylation is 1. The molecular weight excluding hydrogens is 376 g/mol. The van der Waals surface area contributed by atoms with Crippen molar-refractivity contribution in [3.05, 3.63) is 84.2 Å². The van der Waals surface area contributed by atoms with E-state index in [-0.39, 0.29) is 16.8 Å². The number of nitrogens with one attached hydrogen (secondary N) is 2. The van der Waals surface area contributed by atoms with Crippen molar-refractivity contribution in [2.45, 2.75) is 11.8 Å². The molecular formula is C20H18N4O3S. The van der Waals surface area contributed by atoms with Crippen LogP contribution in [-0.4, -0.2) is 24.3 Å². The summed E-state index contributed by atoms with van der Waals surface area (Å²) in [6.45, 7) is 1.98. The molecule has 3 aromatic rings. The molecule has 2 N–H and O–H groups in total. The van der Waals surface area contributed by atoms with Crippen molar-refractivity contribution in [1.82, 2.24) is 9.97 Å². The molecule has 0 bridgehead atoms. The summed E-state index contributed by atoms with van der Waals surface area (Å²) in [5.41, 5.74) is 2.51. The molecule has 0 unspecified atom stereocenters. The maximum Gasteiger partial charge on any atom is 0.264 e. The largest absolute Gasteiger partial charge is 0.323 e. The first-order chi connectivity index (χ1) is 13.4. The van der Waals surface area contributed by atoms with E-state index in [1.807, 2.05) is 31.2 Å². The minimum atomic E-state index is -3.81. The Bertz CT molecular complexity index is 1100. The Morgan fingerprint density at radius 1 is 1.00 bits per heavy atom. The van der Waals surface area contributed by atoms with Crippen molar-refractivity contribution in [2.75, 3.05) is 10.0 Å². The van der Waals surface area contributed by atoms with Gasteiger partial charge in [-0.2, -0.15) is 0 Å². The van der Waals surface area contributed by atoms with Crippen molar-refractivity contribution in [2.24, 2.45) is 0 Å². The van der Waals surface area contributed by atoms with Crippen LogP contribution in [0, 0.1) is 6.92 Å². The fourth-order valence-electron chi connectivity index (χ4n) is 2.38. The normalized spacial score (nSPS) is 11.3. The molecule has 7 nitrogen and oxygen atoms in total. The lowest BCUT2D eigenvalue weighted by Gasteiger charge is -2.07. The van der Waals surface area contributed by atoms with Gasteiger partial charge in [0.25, 0.3) is 10.0 Å². The minimum Gasteiger partial charge on any atom is -0.323 e. The molecule has 142 valence electrons. The first-order valence-electron chi connectivity index (χ1n) is 8.38. The average molecular weight is 394 g/mol. The molecule has 1 aromatic heterocycles. The Labute approximate surface area is 163 Å². The monoisotopic (exact) mass is 394 g/mol.